The summed E-state index contributed by atoms with van der Waals surface area (Å²) in [4.78, 5) is 15.2. The summed E-state index contributed by atoms with van der Waals surface area (Å²) in [7, 11) is 0. The molecule has 0 saturated carbocycles. The molecule has 6 nitrogen and oxygen atoms in total. The lowest BCUT2D eigenvalue weighted by molar-refractivity contribution is -0.384. The summed E-state index contributed by atoms with van der Waals surface area (Å²) in [6.45, 7) is 0.0469. The maximum absolute atomic E-state index is 10.6. The molecular weight excluding hydrogens is 341 g/mol. The van der Waals surface area contributed by atoms with Crippen molar-refractivity contribution >= 4 is 34.6 Å². The number of halogens is 2. The first-order valence-corrected chi connectivity index (χ1v) is 7.06. The van der Waals surface area contributed by atoms with E-state index in [4.69, 9.17) is 33.3 Å². The Bertz CT molecular complexity index is 778. The summed E-state index contributed by atoms with van der Waals surface area (Å²) in [6, 6.07) is 12.5. The lowest BCUT2D eigenvalue weighted by Crippen LogP contribution is -2.01. The van der Waals surface area contributed by atoms with Gasteiger partial charge in [-0.1, -0.05) is 34.4 Å². The van der Waals surface area contributed by atoms with Gasteiger partial charge in [-0.3, -0.25) is 10.1 Å². The van der Waals surface area contributed by atoms with Crippen LogP contribution in [0.3, 0.4) is 0 Å². The van der Waals surface area contributed by atoms with Crippen molar-refractivity contribution < 1.29 is 9.76 Å². The number of nitro benzene ring substituents is 1. The van der Waals surface area contributed by atoms with Gasteiger partial charge in [0.2, 0.25) is 0 Å². The van der Waals surface area contributed by atoms with Gasteiger partial charge in [-0.25, -0.2) is 0 Å². The summed E-state index contributed by atoms with van der Waals surface area (Å²) < 4.78 is 0. The zero-order valence-corrected chi connectivity index (χ0v) is 13.1. The topological polar surface area (TPSA) is 88.5 Å². The fraction of sp³-hybridized carbons (Fsp3) is 0.0667. The van der Waals surface area contributed by atoms with Gasteiger partial charge in [0, 0.05) is 12.1 Å². The lowest BCUT2D eigenvalue weighted by Gasteiger charge is -2.05. The highest BCUT2D eigenvalue weighted by atomic mass is 35.5. The number of nitrogens with zero attached hydrogens (tertiary/aromatic N) is 3. The molecule has 0 atom stereocenters. The number of oxime groups is 1. The minimum absolute atomic E-state index is 0.0159. The molecule has 0 radical (unpaired) electrons. The molecule has 0 fully saturated rings. The van der Waals surface area contributed by atoms with Crippen LogP contribution in [0.1, 0.15) is 11.1 Å². The third-order valence-corrected chi connectivity index (χ3v) is 3.47. The Balaban J connectivity index is 2.12. The average Bonchev–Trinajstić information content (AvgIpc) is 2.53. The summed E-state index contributed by atoms with van der Waals surface area (Å²) in [5.41, 5.74) is 0.893. The van der Waals surface area contributed by atoms with Crippen LogP contribution in [0.15, 0.2) is 47.6 Å². The first-order chi connectivity index (χ1) is 11.0. The standard InChI is InChI=1S/C15H9Cl2N3O3/c16-12-2-1-3-13(17)15(12)14(8-18)19-23-9-10-4-6-11(7-5-10)20(21)22/h1-7H,9H2/b19-14-. The zero-order valence-electron chi connectivity index (χ0n) is 11.6. The number of rotatable bonds is 5. The maximum atomic E-state index is 10.6. The van der Waals surface area contributed by atoms with Crippen LogP contribution in [0.25, 0.3) is 0 Å². The molecule has 2 rings (SSSR count). The maximum Gasteiger partial charge on any atom is 0.269 e. The summed E-state index contributed by atoms with van der Waals surface area (Å²) in [6.07, 6.45) is 0. The quantitative estimate of drug-likeness (QED) is 0.456. The van der Waals surface area contributed by atoms with E-state index < -0.39 is 4.92 Å². The number of nitriles is 1. The van der Waals surface area contributed by atoms with E-state index in [2.05, 4.69) is 5.16 Å². The molecule has 0 bridgehead atoms. The van der Waals surface area contributed by atoms with Gasteiger partial charge in [-0.15, -0.1) is 0 Å². The number of nitro groups is 1. The van der Waals surface area contributed by atoms with E-state index in [1.54, 1.807) is 30.3 Å². The molecule has 2 aromatic rings. The summed E-state index contributed by atoms with van der Waals surface area (Å²) >= 11 is 12.0. The smallest absolute Gasteiger partial charge is 0.269 e. The SMILES string of the molecule is N#C/C(=N/OCc1ccc([N+](=O)[O-])cc1)c1c(Cl)cccc1Cl. The van der Waals surface area contributed by atoms with E-state index in [9.17, 15) is 10.1 Å². The Kier molecular flexibility index (Phi) is 5.52. The Morgan fingerprint density at radius 1 is 1.22 bits per heavy atom. The van der Waals surface area contributed by atoms with Crippen molar-refractivity contribution in [3.05, 3.63) is 73.8 Å². The lowest BCUT2D eigenvalue weighted by atomic mass is 10.1. The van der Waals surface area contributed by atoms with Gasteiger partial charge in [-0.05, 0) is 29.8 Å². The highest BCUT2D eigenvalue weighted by Crippen LogP contribution is 2.25. The second kappa shape index (κ2) is 7.58. The summed E-state index contributed by atoms with van der Waals surface area (Å²) in [5.74, 6) is 0. The largest absolute Gasteiger partial charge is 0.390 e. The van der Waals surface area contributed by atoms with Crippen LogP contribution in [0.2, 0.25) is 10.0 Å². The minimum atomic E-state index is -0.490. The predicted molar refractivity (Wildman–Crippen MR) is 86.5 cm³/mol. The number of non-ortho nitro benzene ring substituents is 1. The zero-order chi connectivity index (χ0) is 16.8. The van der Waals surface area contributed by atoms with Crippen LogP contribution in [0.4, 0.5) is 5.69 Å². The number of hydrogen-bond acceptors (Lipinski definition) is 5. The van der Waals surface area contributed by atoms with Crippen molar-refractivity contribution in [1.82, 2.24) is 0 Å². The molecule has 0 aliphatic carbocycles. The van der Waals surface area contributed by atoms with Gasteiger partial charge in [-0.2, -0.15) is 5.26 Å². The molecule has 0 aliphatic rings. The van der Waals surface area contributed by atoms with E-state index in [-0.39, 0.29) is 28.1 Å². The van der Waals surface area contributed by atoms with Gasteiger partial charge in [0.25, 0.3) is 5.69 Å². The van der Waals surface area contributed by atoms with E-state index in [0.717, 1.165) is 0 Å². The van der Waals surface area contributed by atoms with Gasteiger partial charge < -0.3 is 4.84 Å². The van der Waals surface area contributed by atoms with E-state index in [1.165, 1.54) is 12.1 Å². The number of hydrogen-bond donors (Lipinski definition) is 0. The molecule has 0 aromatic heterocycles. The third kappa shape index (κ3) is 4.19. The molecule has 23 heavy (non-hydrogen) atoms. The van der Waals surface area contributed by atoms with Crippen molar-refractivity contribution in [3.63, 3.8) is 0 Å². The third-order valence-electron chi connectivity index (χ3n) is 2.84. The van der Waals surface area contributed by atoms with Crippen molar-refractivity contribution in [1.29, 1.82) is 5.26 Å². The molecule has 2 aromatic carbocycles. The Morgan fingerprint density at radius 3 is 2.35 bits per heavy atom. The Morgan fingerprint density at radius 2 is 1.83 bits per heavy atom. The van der Waals surface area contributed by atoms with Crippen LogP contribution in [-0.2, 0) is 11.4 Å². The molecule has 0 aliphatic heterocycles. The van der Waals surface area contributed by atoms with Crippen molar-refractivity contribution in [2.24, 2.45) is 5.16 Å². The van der Waals surface area contributed by atoms with E-state index >= 15 is 0 Å². The van der Waals surface area contributed by atoms with Crippen molar-refractivity contribution in [2.75, 3.05) is 0 Å². The van der Waals surface area contributed by atoms with Gasteiger partial charge in [0.05, 0.1) is 20.5 Å². The van der Waals surface area contributed by atoms with Gasteiger partial charge in [0.1, 0.15) is 12.7 Å². The highest BCUT2D eigenvalue weighted by Gasteiger charge is 2.13. The normalized spacial score (nSPS) is 10.9. The second-order valence-electron chi connectivity index (χ2n) is 4.35. The minimum Gasteiger partial charge on any atom is -0.390 e. The van der Waals surface area contributed by atoms with E-state index in [1.807, 2.05) is 6.07 Å². The Labute approximate surface area is 141 Å². The van der Waals surface area contributed by atoms with Crippen molar-refractivity contribution in [3.8, 4) is 6.07 Å². The molecule has 116 valence electrons. The highest BCUT2D eigenvalue weighted by molar-refractivity contribution is 6.41. The predicted octanol–water partition coefficient (Wildman–Crippen LogP) is 4.35. The average molecular weight is 350 g/mol. The van der Waals surface area contributed by atoms with Crippen molar-refractivity contribution in [2.45, 2.75) is 6.61 Å². The molecule has 0 amide bonds. The molecule has 0 saturated heterocycles. The van der Waals surface area contributed by atoms with Crippen LogP contribution < -0.4 is 0 Å². The molecule has 0 spiro atoms. The first-order valence-electron chi connectivity index (χ1n) is 6.30. The Hall–Kier alpha value is -2.62. The van der Waals surface area contributed by atoms with Gasteiger partial charge in [0.15, 0.2) is 5.71 Å². The molecule has 0 heterocycles. The van der Waals surface area contributed by atoms with Crippen LogP contribution in [0, 0.1) is 21.4 Å². The fourth-order valence-corrected chi connectivity index (χ4v) is 2.31. The molecule has 0 N–H and O–H groups in total. The molecule has 0 unspecified atom stereocenters. The van der Waals surface area contributed by atoms with Crippen LogP contribution in [-0.4, -0.2) is 10.6 Å². The summed E-state index contributed by atoms with van der Waals surface area (Å²) in [5, 5.41) is 24.1. The second-order valence-corrected chi connectivity index (χ2v) is 5.16. The molecular formula is C15H9Cl2N3O3. The fourth-order valence-electron chi connectivity index (χ4n) is 1.73. The van der Waals surface area contributed by atoms with Crippen LogP contribution >= 0.6 is 23.2 Å². The monoisotopic (exact) mass is 349 g/mol. The van der Waals surface area contributed by atoms with Gasteiger partial charge >= 0.3 is 0 Å². The van der Waals surface area contributed by atoms with E-state index in [0.29, 0.717) is 11.1 Å². The molecule has 8 heteroatoms. The first kappa shape index (κ1) is 16.7. The number of benzene rings is 2. The van der Waals surface area contributed by atoms with Crippen LogP contribution in [0.5, 0.6) is 0 Å².